The molecule has 1 rings (SSSR count). The van der Waals surface area contributed by atoms with Crippen molar-refractivity contribution in [3.8, 4) is 5.75 Å². The highest BCUT2D eigenvalue weighted by Gasteiger charge is 2.02. The molecule has 1 aromatic carbocycles. The first kappa shape index (κ1) is 15.9. The molecule has 0 aliphatic carbocycles. The molecule has 0 aliphatic rings. The van der Waals surface area contributed by atoms with Gasteiger partial charge in [0.05, 0.1) is 7.11 Å². The summed E-state index contributed by atoms with van der Waals surface area (Å²) in [5.41, 5.74) is 5.61. The van der Waals surface area contributed by atoms with E-state index < -0.39 is 0 Å². The second-order valence-corrected chi connectivity index (χ2v) is 5.56. The average Bonchev–Trinajstić information content (AvgIpc) is 2.39. The van der Waals surface area contributed by atoms with Gasteiger partial charge in [0.15, 0.2) is 0 Å². The first-order valence-corrected chi connectivity index (χ1v) is 7.39. The van der Waals surface area contributed by atoms with E-state index in [2.05, 4.69) is 5.32 Å². The smallest absolute Gasteiger partial charge is 0.220 e. The van der Waals surface area contributed by atoms with Gasteiger partial charge in [-0.2, -0.15) is 0 Å². The summed E-state index contributed by atoms with van der Waals surface area (Å²) in [5.74, 6) is 1.70. The number of carbonyl (C=O) groups is 1. The Kier molecular flexibility index (Phi) is 7.36. The highest BCUT2D eigenvalue weighted by atomic mass is 32.2. The number of nitrogens with one attached hydrogen (secondary N) is 1. The Bertz CT molecular complexity index is 380. The molecule has 19 heavy (non-hydrogen) atoms. The Morgan fingerprint density at radius 2 is 2.11 bits per heavy atom. The van der Waals surface area contributed by atoms with Crippen LogP contribution in [0, 0.1) is 0 Å². The molecular formula is C14H22N2O2S. The summed E-state index contributed by atoms with van der Waals surface area (Å²) in [6.07, 6.45) is 1.34. The van der Waals surface area contributed by atoms with E-state index >= 15 is 0 Å². The van der Waals surface area contributed by atoms with Crippen LogP contribution in [-0.4, -0.2) is 31.4 Å². The van der Waals surface area contributed by atoms with Gasteiger partial charge in [-0.25, -0.2) is 0 Å². The topological polar surface area (TPSA) is 64.3 Å². The number of thioether (sulfide) groups is 1. The van der Waals surface area contributed by atoms with Crippen LogP contribution < -0.4 is 15.8 Å². The van der Waals surface area contributed by atoms with Crippen molar-refractivity contribution in [2.45, 2.75) is 30.7 Å². The van der Waals surface area contributed by atoms with Gasteiger partial charge in [-0.1, -0.05) is 0 Å². The van der Waals surface area contributed by atoms with Crippen molar-refractivity contribution in [3.63, 3.8) is 0 Å². The summed E-state index contributed by atoms with van der Waals surface area (Å²) >= 11 is 1.67. The molecule has 3 N–H and O–H groups in total. The highest BCUT2D eigenvalue weighted by Crippen LogP contribution is 2.21. The van der Waals surface area contributed by atoms with Gasteiger partial charge in [0.1, 0.15) is 5.75 Å². The maximum absolute atomic E-state index is 11.5. The number of ether oxygens (including phenoxy) is 1. The number of hydrogen-bond donors (Lipinski definition) is 2. The van der Waals surface area contributed by atoms with Crippen molar-refractivity contribution < 1.29 is 9.53 Å². The van der Waals surface area contributed by atoms with Gasteiger partial charge in [0.25, 0.3) is 0 Å². The Morgan fingerprint density at radius 3 is 2.68 bits per heavy atom. The Labute approximate surface area is 119 Å². The lowest BCUT2D eigenvalue weighted by Gasteiger charge is -2.07. The summed E-state index contributed by atoms with van der Waals surface area (Å²) in [4.78, 5) is 12.7. The van der Waals surface area contributed by atoms with E-state index in [1.807, 2.05) is 31.2 Å². The highest BCUT2D eigenvalue weighted by molar-refractivity contribution is 7.99. The molecule has 4 nitrogen and oxygen atoms in total. The minimum atomic E-state index is 0.0849. The second kappa shape index (κ2) is 8.82. The minimum Gasteiger partial charge on any atom is -0.497 e. The van der Waals surface area contributed by atoms with E-state index in [0.29, 0.717) is 13.0 Å². The van der Waals surface area contributed by atoms with Gasteiger partial charge in [-0.15, -0.1) is 11.8 Å². The van der Waals surface area contributed by atoms with E-state index in [1.165, 1.54) is 0 Å². The van der Waals surface area contributed by atoms with Crippen LogP contribution >= 0.6 is 11.8 Å². The van der Waals surface area contributed by atoms with Crippen molar-refractivity contribution in [1.29, 1.82) is 0 Å². The molecule has 0 heterocycles. The molecule has 106 valence electrons. The normalized spacial score (nSPS) is 11.9. The number of rotatable bonds is 8. The van der Waals surface area contributed by atoms with Crippen molar-refractivity contribution in [1.82, 2.24) is 5.32 Å². The molecule has 1 atom stereocenters. The molecule has 0 bridgehead atoms. The lowest BCUT2D eigenvalue weighted by Crippen LogP contribution is -2.29. The summed E-state index contributed by atoms with van der Waals surface area (Å²) in [6.45, 7) is 2.59. The summed E-state index contributed by atoms with van der Waals surface area (Å²) < 4.78 is 5.09. The van der Waals surface area contributed by atoms with Crippen molar-refractivity contribution >= 4 is 17.7 Å². The summed E-state index contributed by atoms with van der Waals surface area (Å²) in [7, 11) is 1.65. The molecule has 1 aromatic rings. The van der Waals surface area contributed by atoms with Crippen molar-refractivity contribution in [3.05, 3.63) is 24.3 Å². The summed E-state index contributed by atoms with van der Waals surface area (Å²) in [5, 5.41) is 2.87. The third kappa shape index (κ3) is 7.08. The summed E-state index contributed by atoms with van der Waals surface area (Å²) in [6, 6.07) is 7.97. The van der Waals surface area contributed by atoms with E-state index in [-0.39, 0.29) is 11.9 Å². The molecule has 1 unspecified atom stereocenters. The third-order valence-electron chi connectivity index (χ3n) is 2.58. The third-order valence-corrected chi connectivity index (χ3v) is 3.59. The first-order valence-electron chi connectivity index (χ1n) is 6.41. The van der Waals surface area contributed by atoms with Crippen LogP contribution in [0.1, 0.15) is 19.8 Å². The van der Waals surface area contributed by atoms with Crippen molar-refractivity contribution in [2.75, 3.05) is 19.4 Å². The molecule has 0 fully saturated rings. The fourth-order valence-electron chi connectivity index (χ4n) is 1.46. The first-order chi connectivity index (χ1) is 9.11. The van der Waals surface area contributed by atoms with Crippen molar-refractivity contribution in [2.24, 2.45) is 5.73 Å². The largest absolute Gasteiger partial charge is 0.497 e. The lowest BCUT2D eigenvalue weighted by atomic mass is 10.2. The van der Waals surface area contributed by atoms with Gasteiger partial charge in [-0.3, -0.25) is 4.79 Å². The van der Waals surface area contributed by atoms with E-state index in [0.717, 1.165) is 22.8 Å². The molecule has 0 aliphatic heterocycles. The van der Waals surface area contributed by atoms with Crippen LogP contribution in [0.15, 0.2) is 29.2 Å². The zero-order valence-electron chi connectivity index (χ0n) is 11.5. The fraction of sp³-hybridized carbons (Fsp3) is 0.500. The predicted molar refractivity (Wildman–Crippen MR) is 79.6 cm³/mol. The number of carbonyl (C=O) groups excluding carboxylic acids is 1. The van der Waals surface area contributed by atoms with E-state index in [1.54, 1.807) is 18.9 Å². The van der Waals surface area contributed by atoms with Gasteiger partial charge in [0.2, 0.25) is 5.91 Å². The monoisotopic (exact) mass is 282 g/mol. The maximum Gasteiger partial charge on any atom is 0.220 e. The predicted octanol–water partition coefficient (Wildman–Crippen LogP) is 2.03. The van der Waals surface area contributed by atoms with Gasteiger partial charge < -0.3 is 15.8 Å². The Balaban J connectivity index is 2.16. The van der Waals surface area contributed by atoms with Gasteiger partial charge in [-0.05, 0) is 37.6 Å². The average molecular weight is 282 g/mol. The lowest BCUT2D eigenvalue weighted by molar-refractivity contribution is -0.120. The molecular weight excluding hydrogens is 260 g/mol. The van der Waals surface area contributed by atoms with Gasteiger partial charge in [0, 0.05) is 29.7 Å². The number of hydrogen-bond acceptors (Lipinski definition) is 4. The molecule has 1 amide bonds. The molecule has 0 spiro atoms. The second-order valence-electron chi connectivity index (χ2n) is 4.39. The molecule has 0 aromatic heterocycles. The zero-order valence-corrected chi connectivity index (χ0v) is 12.3. The van der Waals surface area contributed by atoms with E-state index in [4.69, 9.17) is 10.5 Å². The van der Waals surface area contributed by atoms with Crippen LogP contribution in [0.2, 0.25) is 0 Å². The van der Waals surface area contributed by atoms with Crippen LogP contribution in [0.3, 0.4) is 0 Å². The molecule has 0 radical (unpaired) electrons. The molecule has 0 saturated carbocycles. The minimum absolute atomic E-state index is 0.0849. The number of benzene rings is 1. The number of nitrogens with two attached hydrogens (primary N) is 1. The number of amides is 1. The molecule has 5 heteroatoms. The van der Waals surface area contributed by atoms with Crippen LogP contribution in [0.4, 0.5) is 0 Å². The Morgan fingerprint density at radius 1 is 1.42 bits per heavy atom. The maximum atomic E-state index is 11.5. The number of methoxy groups -OCH3 is 1. The standard InChI is InChI=1S/C14H22N2O2S/c1-11(15)7-9-16-14(17)8-10-19-13-5-3-12(18-2)4-6-13/h3-6,11H,7-10,15H2,1-2H3,(H,16,17). The fourth-order valence-corrected chi connectivity index (χ4v) is 2.31. The van der Waals surface area contributed by atoms with Crippen LogP contribution in [-0.2, 0) is 4.79 Å². The SMILES string of the molecule is COc1ccc(SCCC(=O)NCCC(C)N)cc1. The van der Waals surface area contributed by atoms with Gasteiger partial charge >= 0.3 is 0 Å². The van der Waals surface area contributed by atoms with Crippen LogP contribution in [0.25, 0.3) is 0 Å². The Hall–Kier alpha value is -1.20. The van der Waals surface area contributed by atoms with E-state index in [9.17, 15) is 4.79 Å². The van der Waals surface area contributed by atoms with Crippen LogP contribution in [0.5, 0.6) is 5.75 Å². The quantitative estimate of drug-likeness (QED) is 0.716. The zero-order chi connectivity index (χ0) is 14.1. The molecule has 0 saturated heterocycles.